The molecule has 20 heavy (non-hydrogen) atoms. The van der Waals surface area contributed by atoms with Crippen LogP contribution < -0.4 is 4.74 Å². The number of ether oxygens (including phenoxy) is 1. The minimum atomic E-state index is -0.813. The first kappa shape index (κ1) is 13.7. The largest absolute Gasteiger partial charge is 0.454 e. The number of halogens is 2. The van der Waals surface area contributed by atoms with Gasteiger partial charge >= 0.3 is 0 Å². The highest BCUT2D eigenvalue weighted by molar-refractivity contribution is 5.75. The molecule has 0 aromatic heterocycles. The van der Waals surface area contributed by atoms with Crippen LogP contribution in [0.2, 0.25) is 0 Å². The Balaban J connectivity index is 2.31. The minimum absolute atomic E-state index is 0.0786. The standard InChI is InChI=1S/C15H9F2NO2/c16-7-12-6-13(3-2-11(12)8-18)20-15-4-1-10(9-19)5-14(15)17/h1-6,9H,7H2. The molecular formula is C15H9F2NO2. The van der Waals surface area contributed by atoms with Gasteiger partial charge in [-0.1, -0.05) is 0 Å². The van der Waals surface area contributed by atoms with Crippen molar-refractivity contribution in [3.05, 3.63) is 58.9 Å². The molecule has 3 nitrogen and oxygen atoms in total. The van der Waals surface area contributed by atoms with E-state index < -0.39 is 12.5 Å². The molecule has 0 N–H and O–H groups in total. The topological polar surface area (TPSA) is 50.1 Å². The lowest BCUT2D eigenvalue weighted by Crippen LogP contribution is -1.93. The maximum atomic E-state index is 13.6. The molecule has 2 aromatic carbocycles. The van der Waals surface area contributed by atoms with Crippen molar-refractivity contribution in [3.8, 4) is 17.6 Å². The first-order chi connectivity index (χ1) is 9.67. The molecule has 0 saturated heterocycles. The number of aldehydes is 1. The molecule has 5 heteroatoms. The Morgan fingerprint density at radius 1 is 1.25 bits per heavy atom. The van der Waals surface area contributed by atoms with Crippen molar-refractivity contribution in [1.29, 1.82) is 5.26 Å². The van der Waals surface area contributed by atoms with Crippen LogP contribution in [0, 0.1) is 17.1 Å². The zero-order chi connectivity index (χ0) is 14.5. The number of rotatable bonds is 4. The Kier molecular flexibility index (Phi) is 4.06. The minimum Gasteiger partial charge on any atom is -0.454 e. The van der Waals surface area contributed by atoms with Crippen LogP contribution in [0.4, 0.5) is 8.78 Å². The lowest BCUT2D eigenvalue weighted by atomic mass is 10.1. The van der Waals surface area contributed by atoms with E-state index in [-0.39, 0.29) is 28.2 Å². The average Bonchev–Trinajstić information content (AvgIpc) is 2.49. The number of nitriles is 1. The van der Waals surface area contributed by atoms with Crippen molar-refractivity contribution >= 4 is 6.29 Å². The second kappa shape index (κ2) is 5.93. The molecular weight excluding hydrogens is 264 g/mol. The van der Waals surface area contributed by atoms with Crippen LogP contribution in [0.1, 0.15) is 21.5 Å². The SMILES string of the molecule is N#Cc1ccc(Oc2ccc(C=O)cc2F)cc1CF. The van der Waals surface area contributed by atoms with Gasteiger partial charge in [-0.3, -0.25) is 4.79 Å². The first-order valence-corrected chi connectivity index (χ1v) is 5.69. The Labute approximate surface area is 114 Å². The fourth-order valence-corrected chi connectivity index (χ4v) is 1.65. The van der Waals surface area contributed by atoms with Gasteiger partial charge in [-0.05, 0) is 36.4 Å². The molecule has 0 aliphatic carbocycles. The molecule has 0 atom stereocenters. The highest BCUT2D eigenvalue weighted by Crippen LogP contribution is 2.27. The monoisotopic (exact) mass is 273 g/mol. The third kappa shape index (κ3) is 2.81. The van der Waals surface area contributed by atoms with E-state index in [1.54, 1.807) is 0 Å². The summed E-state index contributed by atoms with van der Waals surface area (Å²) < 4.78 is 31.7. The molecule has 2 aromatic rings. The Bertz CT molecular complexity index is 693. The van der Waals surface area contributed by atoms with Gasteiger partial charge < -0.3 is 4.74 Å². The number of carbonyl (C=O) groups excluding carboxylic acids is 1. The van der Waals surface area contributed by atoms with Crippen LogP contribution in [0.15, 0.2) is 36.4 Å². The Morgan fingerprint density at radius 2 is 2.05 bits per heavy atom. The van der Waals surface area contributed by atoms with Gasteiger partial charge in [0.1, 0.15) is 18.7 Å². The molecule has 0 bridgehead atoms. The third-order valence-corrected chi connectivity index (χ3v) is 2.66. The van der Waals surface area contributed by atoms with Crippen molar-refractivity contribution < 1.29 is 18.3 Å². The molecule has 0 heterocycles. The highest BCUT2D eigenvalue weighted by atomic mass is 19.1. The molecule has 0 amide bonds. The summed E-state index contributed by atoms with van der Waals surface area (Å²) >= 11 is 0. The summed E-state index contributed by atoms with van der Waals surface area (Å²) in [7, 11) is 0. The summed E-state index contributed by atoms with van der Waals surface area (Å²) in [6.45, 7) is -0.813. The predicted molar refractivity (Wildman–Crippen MR) is 67.8 cm³/mol. The van der Waals surface area contributed by atoms with E-state index in [9.17, 15) is 13.6 Å². The highest BCUT2D eigenvalue weighted by Gasteiger charge is 2.08. The van der Waals surface area contributed by atoms with E-state index in [1.807, 2.05) is 6.07 Å². The van der Waals surface area contributed by atoms with Crippen LogP contribution in [-0.4, -0.2) is 6.29 Å². The summed E-state index contributed by atoms with van der Waals surface area (Å²) in [6, 6.07) is 9.81. The molecule has 0 aliphatic rings. The van der Waals surface area contributed by atoms with Crippen molar-refractivity contribution in [3.63, 3.8) is 0 Å². The molecule has 0 radical (unpaired) electrons. The summed E-state index contributed by atoms with van der Waals surface area (Å²) in [5.74, 6) is -0.555. The molecule has 0 spiro atoms. The van der Waals surface area contributed by atoms with E-state index >= 15 is 0 Å². The number of hydrogen-bond donors (Lipinski definition) is 0. The quantitative estimate of drug-likeness (QED) is 0.797. The molecule has 2 rings (SSSR count). The van der Waals surface area contributed by atoms with Gasteiger partial charge in [0.15, 0.2) is 11.6 Å². The zero-order valence-electron chi connectivity index (χ0n) is 10.3. The van der Waals surface area contributed by atoms with Crippen LogP contribution in [-0.2, 0) is 6.67 Å². The van der Waals surface area contributed by atoms with E-state index in [2.05, 4.69) is 0 Å². The van der Waals surface area contributed by atoms with Crippen molar-refractivity contribution in [2.75, 3.05) is 0 Å². The van der Waals surface area contributed by atoms with Gasteiger partial charge in [0, 0.05) is 11.1 Å². The summed E-state index contributed by atoms with van der Waals surface area (Å²) in [5, 5.41) is 8.78. The van der Waals surface area contributed by atoms with Crippen molar-refractivity contribution in [1.82, 2.24) is 0 Å². The normalized spacial score (nSPS) is 9.85. The summed E-state index contributed by atoms with van der Waals surface area (Å²) in [6.07, 6.45) is 0.524. The van der Waals surface area contributed by atoms with Crippen LogP contribution in [0.25, 0.3) is 0 Å². The van der Waals surface area contributed by atoms with E-state index in [0.717, 1.165) is 6.07 Å². The van der Waals surface area contributed by atoms with E-state index in [4.69, 9.17) is 10.00 Å². The Morgan fingerprint density at radius 3 is 2.65 bits per heavy atom. The number of hydrogen-bond acceptors (Lipinski definition) is 3. The van der Waals surface area contributed by atoms with Gasteiger partial charge in [0.05, 0.1) is 11.6 Å². The smallest absolute Gasteiger partial charge is 0.166 e. The average molecular weight is 273 g/mol. The molecule has 100 valence electrons. The summed E-state index contributed by atoms with van der Waals surface area (Å²) in [5.41, 5.74) is 0.575. The molecule has 0 fully saturated rings. The van der Waals surface area contributed by atoms with E-state index in [0.29, 0.717) is 6.29 Å². The van der Waals surface area contributed by atoms with Crippen LogP contribution in [0.5, 0.6) is 11.5 Å². The van der Waals surface area contributed by atoms with Gasteiger partial charge in [-0.15, -0.1) is 0 Å². The second-order valence-electron chi connectivity index (χ2n) is 3.97. The zero-order valence-corrected chi connectivity index (χ0v) is 10.3. The van der Waals surface area contributed by atoms with Gasteiger partial charge in [0.2, 0.25) is 0 Å². The van der Waals surface area contributed by atoms with Crippen LogP contribution in [0.3, 0.4) is 0 Å². The second-order valence-corrected chi connectivity index (χ2v) is 3.97. The number of nitrogens with zero attached hydrogens (tertiary/aromatic N) is 1. The van der Waals surface area contributed by atoms with Gasteiger partial charge in [0.25, 0.3) is 0 Å². The molecule has 0 aliphatic heterocycles. The Hall–Kier alpha value is -2.74. The van der Waals surface area contributed by atoms with Crippen molar-refractivity contribution in [2.24, 2.45) is 0 Å². The fraction of sp³-hybridized carbons (Fsp3) is 0.0667. The number of alkyl halides is 1. The van der Waals surface area contributed by atoms with E-state index in [1.165, 1.54) is 30.3 Å². The maximum absolute atomic E-state index is 13.6. The molecule has 0 unspecified atom stereocenters. The third-order valence-electron chi connectivity index (χ3n) is 2.66. The first-order valence-electron chi connectivity index (χ1n) is 5.69. The number of carbonyl (C=O) groups is 1. The lowest BCUT2D eigenvalue weighted by molar-refractivity contribution is 0.112. The predicted octanol–water partition coefficient (Wildman–Crippen LogP) is 3.77. The van der Waals surface area contributed by atoms with Crippen LogP contribution >= 0.6 is 0 Å². The fourth-order valence-electron chi connectivity index (χ4n) is 1.65. The number of benzene rings is 2. The van der Waals surface area contributed by atoms with Crippen molar-refractivity contribution in [2.45, 2.75) is 6.67 Å². The van der Waals surface area contributed by atoms with Gasteiger partial charge in [-0.2, -0.15) is 5.26 Å². The van der Waals surface area contributed by atoms with Gasteiger partial charge in [-0.25, -0.2) is 8.78 Å². The maximum Gasteiger partial charge on any atom is 0.166 e. The molecule has 0 saturated carbocycles. The summed E-state index contributed by atoms with van der Waals surface area (Å²) in [4.78, 5) is 10.5. The lowest BCUT2D eigenvalue weighted by Gasteiger charge is -2.08.